The quantitative estimate of drug-likeness (QED) is 0.235. The number of fused-ring (bicyclic) bond motifs is 3. The summed E-state index contributed by atoms with van der Waals surface area (Å²) >= 11 is 0. The van der Waals surface area contributed by atoms with Crippen LogP contribution in [0.3, 0.4) is 0 Å². The summed E-state index contributed by atoms with van der Waals surface area (Å²) in [5.41, 5.74) is 8.52. The first-order valence-corrected chi connectivity index (χ1v) is 12.5. The first-order chi connectivity index (χ1) is 18.1. The Kier molecular flexibility index (Phi) is 5.57. The zero-order valence-electron chi connectivity index (χ0n) is 21.3. The number of para-hydroxylation sites is 4. The van der Waals surface area contributed by atoms with E-state index in [4.69, 9.17) is 9.97 Å². The second-order valence-corrected chi connectivity index (χ2v) is 9.28. The molecular formula is C33H28N4. The summed E-state index contributed by atoms with van der Waals surface area (Å²) in [6.45, 7) is 6.39. The topological polar surface area (TPSA) is 35.6 Å². The summed E-state index contributed by atoms with van der Waals surface area (Å²) in [5.74, 6) is 1.84. The van der Waals surface area contributed by atoms with Crippen LogP contribution in [0, 0.1) is 0 Å². The average molecular weight is 481 g/mol. The molecule has 0 aliphatic heterocycles. The fourth-order valence-corrected chi connectivity index (χ4v) is 5.18. The molecule has 0 aliphatic carbocycles. The van der Waals surface area contributed by atoms with Crippen LogP contribution in [-0.2, 0) is 14.1 Å². The third-order valence-corrected chi connectivity index (χ3v) is 7.11. The van der Waals surface area contributed by atoms with E-state index in [-0.39, 0.29) is 0 Å². The number of allylic oxidation sites excluding steroid dienone is 5. The van der Waals surface area contributed by atoms with Crippen LogP contribution in [0.15, 0.2) is 110 Å². The molecule has 0 radical (unpaired) electrons. The molecular weight excluding hydrogens is 452 g/mol. The fraction of sp³-hybridized carbons (Fsp3) is 0.0909. The van der Waals surface area contributed by atoms with Crippen molar-refractivity contribution in [1.82, 2.24) is 19.1 Å². The minimum atomic E-state index is 0.870. The fourth-order valence-electron chi connectivity index (χ4n) is 5.18. The van der Waals surface area contributed by atoms with Crippen molar-refractivity contribution < 1.29 is 0 Å². The van der Waals surface area contributed by atoms with E-state index in [0.717, 1.165) is 50.4 Å². The number of rotatable bonds is 5. The maximum atomic E-state index is 4.96. The average Bonchev–Trinajstić information content (AvgIpc) is 3.45. The summed E-state index contributed by atoms with van der Waals surface area (Å²) in [7, 11) is 4.12. The molecule has 6 rings (SSSR count). The first kappa shape index (κ1) is 22.7. The molecule has 180 valence electrons. The predicted octanol–water partition coefficient (Wildman–Crippen LogP) is 7.95. The van der Waals surface area contributed by atoms with E-state index >= 15 is 0 Å². The molecule has 4 nitrogen and oxygen atoms in total. The third kappa shape index (κ3) is 3.78. The van der Waals surface area contributed by atoms with Gasteiger partial charge >= 0.3 is 0 Å². The smallest absolute Gasteiger partial charge is 0.141 e. The van der Waals surface area contributed by atoms with Crippen LogP contribution >= 0.6 is 0 Å². The normalized spacial score (nSPS) is 12.4. The summed E-state index contributed by atoms with van der Waals surface area (Å²) in [4.78, 5) is 9.75. The Balaban J connectivity index is 1.41. The third-order valence-electron chi connectivity index (χ3n) is 7.11. The second-order valence-electron chi connectivity index (χ2n) is 9.28. The molecule has 0 spiro atoms. The van der Waals surface area contributed by atoms with Gasteiger partial charge in [-0.1, -0.05) is 85.5 Å². The molecule has 0 saturated heterocycles. The Morgan fingerprint density at radius 2 is 1.35 bits per heavy atom. The van der Waals surface area contributed by atoms with Crippen LogP contribution in [0.25, 0.3) is 55.4 Å². The highest BCUT2D eigenvalue weighted by Gasteiger charge is 2.14. The lowest BCUT2D eigenvalue weighted by atomic mass is 9.94. The standard InChI is InChI=1S/C33H28N4/c1-5-23(21-20-22(2)32-34-28-16-6-8-18-30(28)36(32)3)24-12-10-14-26-25(24)13-11-15-27(26)33-35-29-17-7-9-19-31(29)37(33)4/h5-21H,2H2,1,3-4H3/b21-20-,23-5+. The first-order valence-electron chi connectivity index (χ1n) is 12.5. The van der Waals surface area contributed by atoms with Gasteiger partial charge in [-0.05, 0) is 53.1 Å². The second kappa shape index (κ2) is 9.07. The minimum Gasteiger partial charge on any atom is -0.327 e. The molecule has 0 N–H and O–H groups in total. The van der Waals surface area contributed by atoms with E-state index < -0.39 is 0 Å². The van der Waals surface area contributed by atoms with Gasteiger partial charge in [0.05, 0.1) is 22.1 Å². The molecule has 0 unspecified atom stereocenters. The van der Waals surface area contributed by atoms with Gasteiger partial charge in [-0.2, -0.15) is 0 Å². The van der Waals surface area contributed by atoms with Gasteiger partial charge in [0.15, 0.2) is 0 Å². The van der Waals surface area contributed by atoms with Gasteiger partial charge in [-0.3, -0.25) is 0 Å². The number of hydrogen-bond donors (Lipinski definition) is 0. The van der Waals surface area contributed by atoms with Crippen molar-refractivity contribution in [3.63, 3.8) is 0 Å². The molecule has 4 aromatic carbocycles. The lowest BCUT2D eigenvalue weighted by Crippen LogP contribution is -1.95. The lowest BCUT2D eigenvalue weighted by Gasteiger charge is -2.12. The summed E-state index contributed by atoms with van der Waals surface area (Å²) in [6.07, 6.45) is 6.35. The number of nitrogens with zero attached hydrogens (tertiary/aromatic N) is 4. The van der Waals surface area contributed by atoms with Crippen LogP contribution < -0.4 is 0 Å². The summed E-state index contributed by atoms with van der Waals surface area (Å²) < 4.78 is 4.27. The number of imidazole rings is 2. The monoisotopic (exact) mass is 480 g/mol. The van der Waals surface area contributed by atoms with Crippen molar-refractivity contribution in [1.29, 1.82) is 0 Å². The highest BCUT2D eigenvalue weighted by atomic mass is 15.1. The highest BCUT2D eigenvalue weighted by molar-refractivity contribution is 6.03. The largest absolute Gasteiger partial charge is 0.327 e. The van der Waals surface area contributed by atoms with Gasteiger partial charge in [-0.15, -0.1) is 0 Å². The Bertz CT molecular complexity index is 1880. The van der Waals surface area contributed by atoms with E-state index in [9.17, 15) is 0 Å². The minimum absolute atomic E-state index is 0.870. The van der Waals surface area contributed by atoms with Crippen molar-refractivity contribution in [3.8, 4) is 11.4 Å². The van der Waals surface area contributed by atoms with E-state index in [0.29, 0.717) is 0 Å². The molecule has 2 aromatic heterocycles. The van der Waals surface area contributed by atoms with Crippen LogP contribution in [-0.4, -0.2) is 19.1 Å². The van der Waals surface area contributed by atoms with Gasteiger partial charge in [0.1, 0.15) is 11.6 Å². The lowest BCUT2D eigenvalue weighted by molar-refractivity contribution is 0.924. The molecule has 0 atom stereocenters. The Hall–Kier alpha value is -4.70. The van der Waals surface area contributed by atoms with Crippen LogP contribution in [0.5, 0.6) is 0 Å². The van der Waals surface area contributed by atoms with Crippen LogP contribution in [0.4, 0.5) is 0 Å². The van der Waals surface area contributed by atoms with E-state index in [1.54, 1.807) is 0 Å². The molecule has 6 aromatic rings. The van der Waals surface area contributed by atoms with Crippen molar-refractivity contribution in [2.24, 2.45) is 14.1 Å². The van der Waals surface area contributed by atoms with Gasteiger partial charge in [0.25, 0.3) is 0 Å². The van der Waals surface area contributed by atoms with E-state index in [1.165, 1.54) is 16.3 Å². The maximum Gasteiger partial charge on any atom is 0.141 e. The van der Waals surface area contributed by atoms with Gasteiger partial charge in [0, 0.05) is 25.2 Å². The molecule has 2 heterocycles. The Labute approximate surface area is 216 Å². The molecule has 37 heavy (non-hydrogen) atoms. The van der Waals surface area contributed by atoms with Gasteiger partial charge in [0.2, 0.25) is 0 Å². The number of benzene rings is 4. The SMILES string of the molecule is C=C(/C=C\C(=C/C)c1cccc2c(-c3nc4ccccc4n3C)cccc12)c1nc2ccccc2n1C. The zero-order chi connectivity index (χ0) is 25.5. The molecule has 0 amide bonds. The number of hydrogen-bond acceptors (Lipinski definition) is 2. The molecule has 0 aliphatic rings. The molecule has 0 bridgehead atoms. The van der Waals surface area contributed by atoms with Gasteiger partial charge in [-0.25, -0.2) is 9.97 Å². The van der Waals surface area contributed by atoms with Gasteiger partial charge < -0.3 is 9.13 Å². The highest BCUT2D eigenvalue weighted by Crippen LogP contribution is 2.34. The van der Waals surface area contributed by atoms with Crippen LogP contribution in [0.2, 0.25) is 0 Å². The summed E-state index contributed by atoms with van der Waals surface area (Å²) in [6, 6.07) is 29.4. The molecule has 4 heteroatoms. The van der Waals surface area contributed by atoms with Crippen molar-refractivity contribution in [3.05, 3.63) is 121 Å². The van der Waals surface area contributed by atoms with Crippen molar-refractivity contribution in [2.45, 2.75) is 6.92 Å². The summed E-state index contributed by atoms with van der Waals surface area (Å²) in [5, 5.41) is 2.37. The van der Waals surface area contributed by atoms with Crippen molar-refractivity contribution >= 4 is 44.0 Å². The van der Waals surface area contributed by atoms with E-state index in [2.05, 4.69) is 109 Å². The number of aromatic nitrogens is 4. The van der Waals surface area contributed by atoms with E-state index in [1.807, 2.05) is 31.3 Å². The maximum absolute atomic E-state index is 4.96. The predicted molar refractivity (Wildman–Crippen MR) is 156 cm³/mol. The molecule has 0 fully saturated rings. The van der Waals surface area contributed by atoms with Crippen LogP contribution in [0.1, 0.15) is 18.3 Å². The molecule has 0 saturated carbocycles. The Morgan fingerprint density at radius 3 is 2.05 bits per heavy atom. The number of aryl methyl sites for hydroxylation is 2. The van der Waals surface area contributed by atoms with Crippen molar-refractivity contribution in [2.75, 3.05) is 0 Å². The zero-order valence-corrected chi connectivity index (χ0v) is 21.3. The Morgan fingerprint density at radius 1 is 0.703 bits per heavy atom.